The minimum Gasteiger partial charge on any atom is -0.488 e. The molecule has 0 bridgehead atoms. The first-order valence-electron chi connectivity index (χ1n) is 9.33. The number of hydrogen-bond acceptors (Lipinski definition) is 7. The summed E-state index contributed by atoms with van der Waals surface area (Å²) in [5, 5.41) is 13.5. The molecule has 0 radical (unpaired) electrons. The SMILES string of the molecule is Cc1nn(C)cc1-c1csc(NC(=O)c2ccccc2OCc2c(C)noc2C)n1. The minimum atomic E-state index is -0.284. The molecule has 0 aliphatic rings. The number of thiazole rings is 1. The molecule has 0 atom stereocenters. The van der Waals surface area contributed by atoms with Gasteiger partial charge in [0.1, 0.15) is 18.1 Å². The molecule has 0 fully saturated rings. The fourth-order valence-electron chi connectivity index (χ4n) is 3.11. The summed E-state index contributed by atoms with van der Waals surface area (Å²) in [4.78, 5) is 17.4. The molecule has 1 amide bonds. The lowest BCUT2D eigenvalue weighted by molar-refractivity contribution is 0.102. The highest BCUT2D eigenvalue weighted by molar-refractivity contribution is 7.14. The van der Waals surface area contributed by atoms with E-state index in [1.165, 1.54) is 11.3 Å². The number of nitrogens with one attached hydrogen (secondary N) is 1. The van der Waals surface area contributed by atoms with E-state index in [2.05, 4.69) is 20.6 Å². The van der Waals surface area contributed by atoms with Gasteiger partial charge in [-0.05, 0) is 32.9 Å². The Morgan fingerprint density at radius 2 is 2.03 bits per heavy atom. The van der Waals surface area contributed by atoms with E-state index in [0.29, 0.717) is 22.2 Å². The van der Waals surface area contributed by atoms with Gasteiger partial charge in [-0.25, -0.2) is 4.98 Å². The number of nitrogens with zero attached hydrogens (tertiary/aromatic N) is 4. The number of para-hydroxylation sites is 1. The standard InChI is InChI=1S/C21H21N5O3S/c1-12-16(9-26(4)24-12)18-11-30-21(22-18)23-20(27)15-7-5-6-8-19(15)28-10-17-13(2)25-29-14(17)3/h5-9,11H,10H2,1-4H3,(H,22,23,27). The van der Waals surface area contributed by atoms with Crippen molar-refractivity contribution < 1.29 is 14.1 Å². The van der Waals surface area contributed by atoms with Crippen molar-refractivity contribution in [1.82, 2.24) is 19.9 Å². The maximum Gasteiger partial charge on any atom is 0.261 e. The maximum atomic E-state index is 12.9. The molecule has 0 unspecified atom stereocenters. The van der Waals surface area contributed by atoms with Crippen LogP contribution in [-0.2, 0) is 13.7 Å². The Bertz CT molecular complexity index is 1190. The molecule has 4 rings (SSSR count). The first-order valence-corrected chi connectivity index (χ1v) is 10.2. The van der Waals surface area contributed by atoms with Crippen LogP contribution in [0.25, 0.3) is 11.3 Å². The largest absolute Gasteiger partial charge is 0.488 e. The van der Waals surface area contributed by atoms with Crippen LogP contribution in [0.15, 0.2) is 40.4 Å². The van der Waals surface area contributed by atoms with E-state index in [4.69, 9.17) is 9.26 Å². The quantitative estimate of drug-likeness (QED) is 0.497. The van der Waals surface area contributed by atoms with E-state index < -0.39 is 0 Å². The Balaban J connectivity index is 1.50. The van der Waals surface area contributed by atoms with Gasteiger partial charge in [-0.2, -0.15) is 5.10 Å². The van der Waals surface area contributed by atoms with Gasteiger partial charge in [-0.3, -0.25) is 14.8 Å². The molecule has 0 aliphatic heterocycles. The second-order valence-corrected chi connectivity index (χ2v) is 7.74. The highest BCUT2D eigenvalue weighted by Crippen LogP contribution is 2.28. The third-order valence-corrected chi connectivity index (χ3v) is 5.46. The Labute approximate surface area is 177 Å². The highest BCUT2D eigenvalue weighted by atomic mass is 32.1. The third-order valence-electron chi connectivity index (χ3n) is 4.70. The molecular weight excluding hydrogens is 402 g/mol. The fraction of sp³-hybridized carbons (Fsp3) is 0.238. The van der Waals surface area contributed by atoms with Crippen LogP contribution < -0.4 is 10.1 Å². The highest BCUT2D eigenvalue weighted by Gasteiger charge is 2.17. The van der Waals surface area contributed by atoms with Crippen LogP contribution in [0.4, 0.5) is 5.13 Å². The number of aromatic nitrogens is 4. The van der Waals surface area contributed by atoms with Crippen molar-refractivity contribution in [2.45, 2.75) is 27.4 Å². The van der Waals surface area contributed by atoms with Crippen molar-refractivity contribution in [1.29, 1.82) is 0 Å². The monoisotopic (exact) mass is 423 g/mol. The number of carbonyl (C=O) groups excluding carboxylic acids is 1. The summed E-state index contributed by atoms with van der Waals surface area (Å²) in [5.41, 5.74) is 4.69. The summed E-state index contributed by atoms with van der Waals surface area (Å²) in [6.45, 7) is 5.89. The molecule has 0 spiro atoms. The fourth-order valence-corrected chi connectivity index (χ4v) is 3.81. The lowest BCUT2D eigenvalue weighted by Gasteiger charge is -2.10. The molecule has 9 heteroatoms. The van der Waals surface area contributed by atoms with Crippen molar-refractivity contribution in [2.75, 3.05) is 5.32 Å². The topological polar surface area (TPSA) is 95.1 Å². The first-order chi connectivity index (χ1) is 14.4. The Hall–Kier alpha value is -3.46. The molecule has 154 valence electrons. The second kappa shape index (κ2) is 8.11. The Kier molecular flexibility index (Phi) is 5.37. The van der Waals surface area contributed by atoms with Gasteiger partial charge < -0.3 is 9.26 Å². The van der Waals surface area contributed by atoms with Crippen LogP contribution in [0.2, 0.25) is 0 Å². The van der Waals surface area contributed by atoms with Gasteiger partial charge in [0.2, 0.25) is 0 Å². The van der Waals surface area contributed by atoms with Crippen LogP contribution in [-0.4, -0.2) is 25.8 Å². The molecule has 3 aromatic heterocycles. The van der Waals surface area contributed by atoms with Crippen LogP contribution in [0.5, 0.6) is 5.75 Å². The zero-order valence-corrected chi connectivity index (χ0v) is 17.9. The van der Waals surface area contributed by atoms with E-state index in [1.54, 1.807) is 22.9 Å². The van der Waals surface area contributed by atoms with E-state index in [-0.39, 0.29) is 12.5 Å². The second-order valence-electron chi connectivity index (χ2n) is 6.88. The summed E-state index contributed by atoms with van der Waals surface area (Å²) in [5.74, 6) is 0.901. The number of rotatable bonds is 6. The van der Waals surface area contributed by atoms with E-state index in [1.807, 2.05) is 45.5 Å². The number of anilines is 1. The molecule has 1 N–H and O–H groups in total. The number of aryl methyl sites for hydroxylation is 4. The van der Waals surface area contributed by atoms with Gasteiger partial charge in [0, 0.05) is 24.2 Å². The zero-order valence-electron chi connectivity index (χ0n) is 17.1. The van der Waals surface area contributed by atoms with Crippen LogP contribution >= 0.6 is 11.3 Å². The molecule has 0 saturated carbocycles. The predicted molar refractivity (Wildman–Crippen MR) is 114 cm³/mol. The van der Waals surface area contributed by atoms with Crippen molar-refractivity contribution in [3.63, 3.8) is 0 Å². The number of carbonyl (C=O) groups is 1. The molecule has 30 heavy (non-hydrogen) atoms. The molecule has 1 aromatic carbocycles. The van der Waals surface area contributed by atoms with E-state index in [0.717, 1.165) is 28.2 Å². The molecule has 3 heterocycles. The number of ether oxygens (including phenoxy) is 1. The van der Waals surface area contributed by atoms with Crippen molar-refractivity contribution >= 4 is 22.4 Å². The third kappa shape index (κ3) is 3.97. The lowest BCUT2D eigenvalue weighted by Crippen LogP contribution is -2.13. The van der Waals surface area contributed by atoms with Crippen molar-refractivity contribution in [3.05, 3.63) is 64.1 Å². The predicted octanol–water partition coefficient (Wildman–Crippen LogP) is 4.29. The normalized spacial score (nSPS) is 10.9. The summed E-state index contributed by atoms with van der Waals surface area (Å²) in [7, 11) is 1.87. The smallest absolute Gasteiger partial charge is 0.261 e. The summed E-state index contributed by atoms with van der Waals surface area (Å²) in [6, 6.07) is 7.10. The molecular formula is C21H21N5O3S. The zero-order chi connectivity index (χ0) is 21.3. The number of benzene rings is 1. The van der Waals surface area contributed by atoms with Crippen molar-refractivity contribution in [3.8, 4) is 17.0 Å². The number of hydrogen-bond donors (Lipinski definition) is 1. The summed E-state index contributed by atoms with van der Waals surface area (Å²) < 4.78 is 12.8. The molecule has 4 aromatic rings. The maximum absolute atomic E-state index is 12.9. The Morgan fingerprint density at radius 3 is 2.73 bits per heavy atom. The van der Waals surface area contributed by atoms with Gasteiger partial charge in [-0.1, -0.05) is 17.3 Å². The first kappa shape index (κ1) is 19.8. The van der Waals surface area contributed by atoms with Gasteiger partial charge >= 0.3 is 0 Å². The molecule has 0 aliphatic carbocycles. The van der Waals surface area contributed by atoms with Crippen molar-refractivity contribution in [2.24, 2.45) is 7.05 Å². The van der Waals surface area contributed by atoms with Crippen LogP contribution in [0, 0.1) is 20.8 Å². The average Bonchev–Trinajstić information content (AvgIpc) is 3.40. The van der Waals surface area contributed by atoms with Crippen LogP contribution in [0.1, 0.15) is 33.1 Å². The van der Waals surface area contributed by atoms with E-state index in [9.17, 15) is 4.79 Å². The average molecular weight is 423 g/mol. The van der Waals surface area contributed by atoms with Crippen LogP contribution in [0.3, 0.4) is 0 Å². The minimum absolute atomic E-state index is 0.271. The van der Waals surface area contributed by atoms with Gasteiger partial charge in [0.05, 0.1) is 28.2 Å². The summed E-state index contributed by atoms with van der Waals surface area (Å²) in [6.07, 6.45) is 1.91. The van der Waals surface area contributed by atoms with Gasteiger partial charge in [-0.15, -0.1) is 11.3 Å². The van der Waals surface area contributed by atoms with Gasteiger partial charge in [0.15, 0.2) is 5.13 Å². The van der Waals surface area contributed by atoms with Gasteiger partial charge in [0.25, 0.3) is 5.91 Å². The Morgan fingerprint density at radius 1 is 1.23 bits per heavy atom. The van der Waals surface area contributed by atoms with E-state index >= 15 is 0 Å². The molecule has 8 nitrogen and oxygen atoms in total. The summed E-state index contributed by atoms with van der Waals surface area (Å²) >= 11 is 1.36. The number of amides is 1. The molecule has 0 saturated heterocycles. The lowest BCUT2D eigenvalue weighted by atomic mass is 10.2.